The number of carbonyl (C=O) groups is 1. The average molecular weight is 421 g/mol. The van der Waals surface area contributed by atoms with Crippen molar-refractivity contribution in [2.24, 2.45) is 0 Å². The van der Waals surface area contributed by atoms with E-state index in [0.717, 1.165) is 18.4 Å². The zero-order chi connectivity index (χ0) is 20.4. The van der Waals surface area contributed by atoms with Gasteiger partial charge < -0.3 is 5.32 Å². The zero-order valence-electron chi connectivity index (χ0n) is 14.3. The third-order valence-electron chi connectivity index (χ3n) is 3.63. The standard InChI is InChI=1S/C17H16ClF3N2O3S/c1-11(16(24)22-14-8-6-13(18)7-9-14)23(27(2,25)26)15-5-3-4-12(10-15)17(19,20)21/h3-11H,1-2H3,(H,22,24)/t11-/m0/s1. The molecular weight excluding hydrogens is 405 g/mol. The Bertz CT molecular complexity index is 931. The summed E-state index contributed by atoms with van der Waals surface area (Å²) in [5.74, 6) is -0.708. The lowest BCUT2D eigenvalue weighted by atomic mass is 10.1. The summed E-state index contributed by atoms with van der Waals surface area (Å²) in [6.45, 7) is 1.28. The van der Waals surface area contributed by atoms with Gasteiger partial charge in [-0.25, -0.2) is 8.42 Å². The molecule has 0 aliphatic rings. The molecule has 0 saturated carbocycles. The van der Waals surface area contributed by atoms with Gasteiger partial charge in [-0.1, -0.05) is 17.7 Å². The molecule has 0 unspecified atom stereocenters. The molecule has 10 heteroatoms. The predicted molar refractivity (Wildman–Crippen MR) is 98.3 cm³/mol. The van der Waals surface area contributed by atoms with Crippen molar-refractivity contribution in [3.63, 3.8) is 0 Å². The SMILES string of the molecule is C[C@@H](C(=O)Nc1ccc(Cl)cc1)N(c1cccc(C(F)(F)F)c1)S(C)(=O)=O. The molecule has 0 aliphatic carbocycles. The van der Waals surface area contributed by atoms with E-state index in [1.807, 2.05) is 0 Å². The van der Waals surface area contributed by atoms with E-state index in [1.165, 1.54) is 37.3 Å². The topological polar surface area (TPSA) is 66.5 Å². The fourth-order valence-electron chi connectivity index (χ4n) is 2.41. The Morgan fingerprint density at radius 1 is 1.15 bits per heavy atom. The van der Waals surface area contributed by atoms with Gasteiger partial charge in [0, 0.05) is 10.7 Å². The minimum Gasteiger partial charge on any atom is -0.324 e. The molecular formula is C17H16ClF3N2O3S. The number of halogens is 4. The maximum absolute atomic E-state index is 12.9. The molecule has 0 heterocycles. The van der Waals surface area contributed by atoms with Gasteiger partial charge in [-0.2, -0.15) is 13.2 Å². The number of alkyl halides is 3. The predicted octanol–water partition coefficient (Wildman–Crippen LogP) is 4.15. The van der Waals surface area contributed by atoms with Crippen LogP contribution in [0.4, 0.5) is 24.5 Å². The summed E-state index contributed by atoms with van der Waals surface area (Å²) in [7, 11) is -4.04. The van der Waals surface area contributed by atoms with Gasteiger partial charge >= 0.3 is 6.18 Å². The number of rotatable bonds is 5. The zero-order valence-corrected chi connectivity index (χ0v) is 15.9. The van der Waals surface area contributed by atoms with E-state index in [9.17, 15) is 26.4 Å². The maximum atomic E-state index is 12.9. The highest BCUT2D eigenvalue weighted by atomic mass is 35.5. The quantitative estimate of drug-likeness (QED) is 0.790. The largest absolute Gasteiger partial charge is 0.416 e. The molecule has 5 nitrogen and oxygen atoms in total. The molecule has 0 saturated heterocycles. The molecule has 2 aromatic rings. The molecule has 1 N–H and O–H groups in total. The molecule has 146 valence electrons. The first-order valence-electron chi connectivity index (χ1n) is 7.62. The number of nitrogens with zero attached hydrogens (tertiary/aromatic N) is 1. The number of amides is 1. The Morgan fingerprint density at radius 2 is 1.74 bits per heavy atom. The molecule has 0 aliphatic heterocycles. The smallest absolute Gasteiger partial charge is 0.324 e. The fourth-order valence-corrected chi connectivity index (χ4v) is 3.70. The Kier molecular flexibility index (Phi) is 6.06. The number of hydrogen-bond donors (Lipinski definition) is 1. The van der Waals surface area contributed by atoms with Gasteiger partial charge in [0.2, 0.25) is 15.9 Å². The summed E-state index contributed by atoms with van der Waals surface area (Å²) in [6.07, 6.45) is -3.83. The van der Waals surface area contributed by atoms with Gasteiger partial charge in [-0.15, -0.1) is 0 Å². The fraction of sp³-hybridized carbons (Fsp3) is 0.235. The van der Waals surface area contributed by atoms with Crippen LogP contribution in [0.1, 0.15) is 12.5 Å². The molecule has 27 heavy (non-hydrogen) atoms. The highest BCUT2D eigenvalue weighted by Gasteiger charge is 2.34. The van der Waals surface area contributed by atoms with Crippen LogP contribution in [0, 0.1) is 0 Å². The summed E-state index contributed by atoms with van der Waals surface area (Å²) in [5, 5.41) is 2.96. The second-order valence-corrected chi connectivity index (χ2v) is 8.07. The Hall–Kier alpha value is -2.26. The first-order valence-corrected chi connectivity index (χ1v) is 9.85. The van der Waals surface area contributed by atoms with Crippen LogP contribution in [-0.2, 0) is 21.0 Å². The van der Waals surface area contributed by atoms with Crippen molar-refractivity contribution in [1.29, 1.82) is 0 Å². The lowest BCUT2D eigenvalue weighted by molar-refractivity contribution is -0.137. The molecule has 0 spiro atoms. The van der Waals surface area contributed by atoms with Crippen LogP contribution in [0.2, 0.25) is 5.02 Å². The van der Waals surface area contributed by atoms with E-state index >= 15 is 0 Å². The third-order valence-corrected chi connectivity index (χ3v) is 5.12. The van der Waals surface area contributed by atoms with Crippen molar-refractivity contribution in [2.45, 2.75) is 19.1 Å². The molecule has 2 rings (SSSR count). The van der Waals surface area contributed by atoms with E-state index in [4.69, 9.17) is 11.6 Å². The average Bonchev–Trinajstić information content (AvgIpc) is 2.55. The molecule has 0 fully saturated rings. The van der Waals surface area contributed by atoms with E-state index in [1.54, 1.807) is 0 Å². The van der Waals surface area contributed by atoms with Gasteiger partial charge in [0.1, 0.15) is 6.04 Å². The molecule has 1 atom stereocenters. The normalized spacial score (nSPS) is 13.1. The highest BCUT2D eigenvalue weighted by molar-refractivity contribution is 7.92. The molecule has 0 radical (unpaired) electrons. The van der Waals surface area contributed by atoms with Crippen molar-refractivity contribution in [3.8, 4) is 0 Å². The monoisotopic (exact) mass is 420 g/mol. The van der Waals surface area contributed by atoms with Crippen LogP contribution in [-0.4, -0.2) is 26.6 Å². The Balaban J connectivity index is 2.36. The summed E-state index contributed by atoms with van der Waals surface area (Å²) in [5.41, 5.74) is -0.904. The number of benzene rings is 2. The second-order valence-electron chi connectivity index (χ2n) is 5.78. The molecule has 2 aromatic carbocycles. The van der Waals surface area contributed by atoms with Crippen molar-refractivity contribution in [1.82, 2.24) is 0 Å². The Morgan fingerprint density at radius 3 is 2.26 bits per heavy atom. The maximum Gasteiger partial charge on any atom is 0.416 e. The molecule has 1 amide bonds. The van der Waals surface area contributed by atoms with E-state index < -0.39 is 33.7 Å². The summed E-state index contributed by atoms with van der Waals surface area (Å²) in [4.78, 5) is 12.5. The number of anilines is 2. The van der Waals surface area contributed by atoms with Crippen LogP contribution < -0.4 is 9.62 Å². The number of hydrogen-bond acceptors (Lipinski definition) is 3. The van der Waals surface area contributed by atoms with Gasteiger partial charge in [-0.05, 0) is 49.4 Å². The van der Waals surface area contributed by atoms with Crippen molar-refractivity contribution in [3.05, 3.63) is 59.1 Å². The minimum absolute atomic E-state index is 0.258. The van der Waals surface area contributed by atoms with Crippen LogP contribution in [0.5, 0.6) is 0 Å². The van der Waals surface area contributed by atoms with Crippen molar-refractivity contribution in [2.75, 3.05) is 15.9 Å². The lowest BCUT2D eigenvalue weighted by Crippen LogP contribution is -2.45. The van der Waals surface area contributed by atoms with Crippen LogP contribution in [0.25, 0.3) is 0 Å². The first kappa shape index (κ1) is 21.0. The van der Waals surface area contributed by atoms with Gasteiger partial charge in [0.05, 0.1) is 17.5 Å². The highest BCUT2D eigenvalue weighted by Crippen LogP contribution is 2.33. The second kappa shape index (κ2) is 7.77. The number of nitrogens with one attached hydrogen (secondary N) is 1. The lowest BCUT2D eigenvalue weighted by Gasteiger charge is -2.28. The number of sulfonamides is 1. The van der Waals surface area contributed by atoms with Gasteiger partial charge in [0.25, 0.3) is 0 Å². The minimum atomic E-state index is -4.64. The van der Waals surface area contributed by atoms with Gasteiger partial charge in [0.15, 0.2) is 0 Å². The summed E-state index contributed by atoms with van der Waals surface area (Å²) in [6, 6.07) is 8.59. The third kappa shape index (κ3) is 5.36. The number of carbonyl (C=O) groups excluding carboxylic acids is 1. The molecule has 0 aromatic heterocycles. The van der Waals surface area contributed by atoms with Gasteiger partial charge in [-0.3, -0.25) is 9.10 Å². The van der Waals surface area contributed by atoms with Crippen LogP contribution in [0.3, 0.4) is 0 Å². The van der Waals surface area contributed by atoms with E-state index in [2.05, 4.69) is 5.32 Å². The first-order chi connectivity index (χ1) is 12.4. The van der Waals surface area contributed by atoms with Crippen LogP contribution in [0.15, 0.2) is 48.5 Å². The van der Waals surface area contributed by atoms with E-state index in [0.29, 0.717) is 21.1 Å². The van der Waals surface area contributed by atoms with Crippen molar-refractivity contribution < 1.29 is 26.4 Å². The van der Waals surface area contributed by atoms with Crippen molar-refractivity contribution >= 4 is 38.9 Å². The summed E-state index contributed by atoms with van der Waals surface area (Å²) >= 11 is 5.76. The van der Waals surface area contributed by atoms with Crippen LogP contribution >= 0.6 is 11.6 Å². The Labute approximate surface area is 159 Å². The van der Waals surface area contributed by atoms with E-state index in [-0.39, 0.29) is 5.69 Å². The molecule has 0 bridgehead atoms. The summed E-state index contributed by atoms with van der Waals surface area (Å²) < 4.78 is 63.9.